The number of aromatic nitrogens is 1. The van der Waals surface area contributed by atoms with Crippen LogP contribution in [-0.4, -0.2) is 29.1 Å². The Morgan fingerprint density at radius 1 is 0.926 bits per heavy atom. The second-order valence-electron chi connectivity index (χ2n) is 8.41. The number of hydrogen-bond acceptors (Lipinski definition) is 1. The zero-order valence-electron chi connectivity index (χ0n) is 16.5. The summed E-state index contributed by atoms with van der Waals surface area (Å²) in [7, 11) is 0. The van der Waals surface area contributed by atoms with Crippen LogP contribution in [0.4, 0.5) is 0 Å². The summed E-state index contributed by atoms with van der Waals surface area (Å²) in [5.41, 5.74) is 7.72. The normalized spacial score (nSPS) is 18.3. The minimum absolute atomic E-state index is 0.753. The van der Waals surface area contributed by atoms with Gasteiger partial charge in [-0.15, -0.1) is 0 Å². The van der Waals surface area contributed by atoms with E-state index in [0.29, 0.717) is 0 Å². The number of para-hydroxylation sites is 1. The van der Waals surface area contributed by atoms with E-state index < -0.39 is 0 Å². The lowest BCUT2D eigenvalue weighted by Crippen LogP contribution is -2.34. The van der Waals surface area contributed by atoms with Gasteiger partial charge in [-0.3, -0.25) is 0 Å². The molecule has 1 fully saturated rings. The molecule has 0 atom stereocenters. The average molecular weight is 359 g/mol. The number of nitrogens with zero attached hydrogens (tertiary/aromatic N) is 2. The maximum absolute atomic E-state index is 2.69. The summed E-state index contributed by atoms with van der Waals surface area (Å²) < 4.78 is 2.59. The van der Waals surface area contributed by atoms with Crippen LogP contribution >= 0.6 is 0 Å². The van der Waals surface area contributed by atoms with E-state index in [2.05, 4.69) is 64.9 Å². The summed E-state index contributed by atoms with van der Waals surface area (Å²) in [4.78, 5) is 2.69. The minimum Gasteiger partial charge on any atom is -0.344 e. The van der Waals surface area contributed by atoms with Crippen LogP contribution in [0.2, 0.25) is 0 Å². The van der Waals surface area contributed by atoms with Gasteiger partial charge in [0.2, 0.25) is 0 Å². The molecule has 0 saturated carbocycles. The van der Waals surface area contributed by atoms with E-state index in [1.165, 1.54) is 80.4 Å². The van der Waals surface area contributed by atoms with Crippen LogP contribution in [0.3, 0.4) is 0 Å². The van der Waals surface area contributed by atoms with Crippen molar-refractivity contribution in [2.75, 3.05) is 19.6 Å². The fourth-order valence-electron chi connectivity index (χ4n) is 5.39. The first kappa shape index (κ1) is 17.1. The first-order valence-electron chi connectivity index (χ1n) is 10.7. The Morgan fingerprint density at radius 2 is 1.74 bits per heavy atom. The molecule has 2 aliphatic heterocycles. The van der Waals surface area contributed by atoms with Crippen molar-refractivity contribution >= 4 is 10.9 Å². The molecule has 2 nitrogen and oxygen atoms in total. The van der Waals surface area contributed by atoms with Gasteiger partial charge < -0.3 is 9.47 Å². The third-order valence-corrected chi connectivity index (χ3v) is 6.92. The standard InChI is InChI=1S/C25H30N2/c1-19-23(24-11-5-9-22-10-6-15-27(19)25(22)24)14-18-26-16-12-21(13-17-26)20-7-3-2-4-8-20/h2-5,7-9,11,21H,6,10,12-18H2,1H3. The van der Waals surface area contributed by atoms with Crippen LogP contribution in [0.15, 0.2) is 48.5 Å². The van der Waals surface area contributed by atoms with Crippen LogP contribution in [-0.2, 0) is 19.4 Å². The van der Waals surface area contributed by atoms with Crippen molar-refractivity contribution in [3.8, 4) is 0 Å². The van der Waals surface area contributed by atoms with E-state index in [1.807, 2.05) is 0 Å². The van der Waals surface area contributed by atoms with E-state index in [1.54, 1.807) is 11.1 Å². The lowest BCUT2D eigenvalue weighted by molar-refractivity contribution is 0.214. The zero-order chi connectivity index (χ0) is 18.2. The van der Waals surface area contributed by atoms with Gasteiger partial charge >= 0.3 is 0 Å². The van der Waals surface area contributed by atoms with Crippen LogP contribution in [0.25, 0.3) is 10.9 Å². The summed E-state index contributed by atoms with van der Waals surface area (Å²) >= 11 is 0. The highest BCUT2D eigenvalue weighted by atomic mass is 15.1. The van der Waals surface area contributed by atoms with Crippen molar-refractivity contribution in [3.05, 3.63) is 70.9 Å². The molecule has 3 heterocycles. The molecule has 0 bridgehead atoms. The second-order valence-corrected chi connectivity index (χ2v) is 8.41. The Kier molecular flexibility index (Phi) is 4.53. The lowest BCUT2D eigenvalue weighted by atomic mass is 9.89. The topological polar surface area (TPSA) is 8.17 Å². The van der Waals surface area contributed by atoms with Gasteiger partial charge in [-0.05, 0) is 74.7 Å². The van der Waals surface area contributed by atoms with Crippen molar-refractivity contribution in [2.24, 2.45) is 0 Å². The van der Waals surface area contributed by atoms with Gasteiger partial charge in [-0.25, -0.2) is 0 Å². The largest absolute Gasteiger partial charge is 0.344 e. The Labute approximate surface area is 162 Å². The van der Waals surface area contributed by atoms with Crippen molar-refractivity contribution in [3.63, 3.8) is 0 Å². The first-order valence-corrected chi connectivity index (χ1v) is 10.7. The Balaban J connectivity index is 1.28. The van der Waals surface area contributed by atoms with E-state index in [-0.39, 0.29) is 0 Å². The average Bonchev–Trinajstić information content (AvgIpc) is 3.01. The van der Waals surface area contributed by atoms with Gasteiger partial charge in [0.05, 0.1) is 5.52 Å². The van der Waals surface area contributed by atoms with Crippen molar-refractivity contribution in [2.45, 2.75) is 51.5 Å². The maximum atomic E-state index is 2.69. The Bertz CT molecular complexity index is 930. The van der Waals surface area contributed by atoms with Gasteiger partial charge in [0.15, 0.2) is 0 Å². The molecule has 2 aromatic carbocycles. The molecule has 0 N–H and O–H groups in total. The fraction of sp³-hybridized carbons (Fsp3) is 0.440. The minimum atomic E-state index is 0.753. The Morgan fingerprint density at radius 3 is 2.56 bits per heavy atom. The summed E-state index contributed by atoms with van der Waals surface area (Å²) in [5, 5.41) is 1.52. The van der Waals surface area contributed by atoms with E-state index in [9.17, 15) is 0 Å². The molecule has 2 heteroatoms. The number of likely N-dealkylation sites (tertiary alicyclic amines) is 1. The third kappa shape index (κ3) is 3.10. The molecule has 0 radical (unpaired) electrons. The predicted octanol–water partition coefficient (Wildman–Crippen LogP) is 5.32. The predicted molar refractivity (Wildman–Crippen MR) is 114 cm³/mol. The van der Waals surface area contributed by atoms with E-state index >= 15 is 0 Å². The van der Waals surface area contributed by atoms with Crippen molar-refractivity contribution < 1.29 is 0 Å². The first-order chi connectivity index (χ1) is 13.3. The molecule has 0 amide bonds. The molecule has 0 unspecified atom stereocenters. The number of rotatable bonds is 4. The SMILES string of the molecule is Cc1c(CCN2CCC(c3ccccc3)CC2)c2cccc3c2n1CCC3. The summed E-state index contributed by atoms with van der Waals surface area (Å²) in [5.74, 6) is 0.753. The Hall–Kier alpha value is -2.06. The summed E-state index contributed by atoms with van der Waals surface area (Å²) in [6.45, 7) is 7.21. The number of benzene rings is 2. The van der Waals surface area contributed by atoms with Crippen LogP contribution in [0.1, 0.15) is 47.6 Å². The smallest absolute Gasteiger partial charge is 0.0517 e. The molecule has 1 aromatic heterocycles. The third-order valence-electron chi connectivity index (χ3n) is 6.92. The monoisotopic (exact) mass is 358 g/mol. The molecule has 3 aromatic rings. The van der Waals surface area contributed by atoms with Gasteiger partial charge in [0.25, 0.3) is 0 Å². The van der Waals surface area contributed by atoms with Crippen molar-refractivity contribution in [1.29, 1.82) is 0 Å². The van der Waals surface area contributed by atoms with Gasteiger partial charge in [0.1, 0.15) is 0 Å². The van der Waals surface area contributed by atoms with E-state index in [4.69, 9.17) is 0 Å². The van der Waals surface area contributed by atoms with Crippen LogP contribution in [0, 0.1) is 6.92 Å². The number of aryl methyl sites for hydroxylation is 2. The quantitative estimate of drug-likeness (QED) is 0.613. The highest BCUT2D eigenvalue weighted by molar-refractivity contribution is 5.88. The second kappa shape index (κ2) is 7.16. The number of piperidine rings is 1. The van der Waals surface area contributed by atoms with Gasteiger partial charge in [-0.2, -0.15) is 0 Å². The summed E-state index contributed by atoms with van der Waals surface area (Å²) in [6.07, 6.45) is 6.32. The van der Waals surface area contributed by atoms with Crippen molar-refractivity contribution in [1.82, 2.24) is 9.47 Å². The fourth-order valence-corrected chi connectivity index (χ4v) is 5.39. The molecule has 5 rings (SSSR count). The lowest BCUT2D eigenvalue weighted by Gasteiger charge is -2.32. The van der Waals surface area contributed by atoms with Crippen LogP contribution in [0.5, 0.6) is 0 Å². The molecular weight excluding hydrogens is 328 g/mol. The molecule has 1 saturated heterocycles. The van der Waals surface area contributed by atoms with Gasteiger partial charge in [-0.1, -0.05) is 48.5 Å². The van der Waals surface area contributed by atoms with Gasteiger partial charge in [0, 0.05) is 24.2 Å². The van der Waals surface area contributed by atoms with E-state index in [0.717, 1.165) is 5.92 Å². The molecule has 27 heavy (non-hydrogen) atoms. The maximum Gasteiger partial charge on any atom is 0.0517 e. The highest BCUT2D eigenvalue weighted by Crippen LogP contribution is 2.33. The molecule has 2 aliphatic rings. The highest BCUT2D eigenvalue weighted by Gasteiger charge is 2.22. The zero-order valence-corrected chi connectivity index (χ0v) is 16.5. The molecule has 0 spiro atoms. The van der Waals surface area contributed by atoms with Crippen LogP contribution < -0.4 is 0 Å². The summed E-state index contributed by atoms with van der Waals surface area (Å²) in [6, 6.07) is 18.0. The number of hydrogen-bond donors (Lipinski definition) is 0. The molecule has 0 aliphatic carbocycles. The molecular formula is C25H30N2. The molecule has 140 valence electrons.